The number of hydrogen-bond acceptors (Lipinski definition) is 4. The SMILES string of the molecule is c1ccc(OC[C@H]2CN(CC3CC3)Cc3ccnn32)nc1. The molecule has 5 heteroatoms. The molecule has 1 saturated carbocycles. The summed E-state index contributed by atoms with van der Waals surface area (Å²) in [5, 5.41) is 4.47. The van der Waals surface area contributed by atoms with E-state index >= 15 is 0 Å². The van der Waals surface area contributed by atoms with Gasteiger partial charge in [0.15, 0.2) is 0 Å². The fourth-order valence-corrected chi connectivity index (χ4v) is 3.01. The summed E-state index contributed by atoms with van der Waals surface area (Å²) in [6.45, 7) is 3.85. The summed E-state index contributed by atoms with van der Waals surface area (Å²) in [6, 6.07) is 8.13. The molecule has 0 aromatic carbocycles. The van der Waals surface area contributed by atoms with Gasteiger partial charge in [-0.2, -0.15) is 5.10 Å². The van der Waals surface area contributed by atoms with Crippen molar-refractivity contribution in [1.29, 1.82) is 0 Å². The molecule has 1 fully saturated rings. The molecule has 0 unspecified atom stereocenters. The van der Waals surface area contributed by atoms with Crippen LogP contribution in [0.1, 0.15) is 24.6 Å². The fourth-order valence-electron chi connectivity index (χ4n) is 3.01. The number of fused-ring (bicyclic) bond motifs is 1. The molecule has 3 heterocycles. The highest BCUT2D eigenvalue weighted by Crippen LogP contribution is 2.32. The zero-order chi connectivity index (χ0) is 14.1. The van der Waals surface area contributed by atoms with Crippen molar-refractivity contribution in [3.63, 3.8) is 0 Å². The lowest BCUT2D eigenvalue weighted by atomic mass is 10.2. The predicted octanol–water partition coefficient (Wildman–Crippen LogP) is 2.12. The monoisotopic (exact) mass is 284 g/mol. The van der Waals surface area contributed by atoms with Gasteiger partial charge in [0, 0.05) is 38.1 Å². The van der Waals surface area contributed by atoms with Gasteiger partial charge in [0.2, 0.25) is 5.88 Å². The van der Waals surface area contributed by atoms with Gasteiger partial charge in [0.1, 0.15) is 6.61 Å². The van der Waals surface area contributed by atoms with Gasteiger partial charge < -0.3 is 4.74 Å². The van der Waals surface area contributed by atoms with Gasteiger partial charge in [-0.3, -0.25) is 9.58 Å². The van der Waals surface area contributed by atoms with Gasteiger partial charge in [0.05, 0.1) is 11.7 Å². The van der Waals surface area contributed by atoms with E-state index in [9.17, 15) is 0 Å². The molecule has 21 heavy (non-hydrogen) atoms. The van der Waals surface area contributed by atoms with E-state index < -0.39 is 0 Å². The quantitative estimate of drug-likeness (QED) is 0.843. The van der Waals surface area contributed by atoms with E-state index in [4.69, 9.17) is 4.74 Å². The summed E-state index contributed by atoms with van der Waals surface area (Å²) in [7, 11) is 0. The highest BCUT2D eigenvalue weighted by atomic mass is 16.5. The van der Waals surface area contributed by atoms with Crippen LogP contribution in [-0.2, 0) is 6.54 Å². The second-order valence-corrected chi connectivity index (χ2v) is 6.04. The van der Waals surface area contributed by atoms with Crippen molar-refractivity contribution in [3.8, 4) is 5.88 Å². The van der Waals surface area contributed by atoms with E-state index in [0.29, 0.717) is 12.5 Å². The standard InChI is InChI=1S/C16H20N4O/c1-2-7-17-16(3-1)21-12-15-11-19(9-13-4-5-13)10-14-6-8-18-20(14)15/h1-3,6-8,13,15H,4-5,9-12H2/t15-/m1/s1. The third kappa shape index (κ3) is 2.93. The molecule has 2 aromatic heterocycles. The molecule has 2 aliphatic rings. The molecule has 0 amide bonds. The highest BCUT2D eigenvalue weighted by Gasteiger charge is 2.30. The van der Waals surface area contributed by atoms with Crippen molar-refractivity contribution < 1.29 is 4.74 Å². The number of rotatable bonds is 5. The third-order valence-corrected chi connectivity index (χ3v) is 4.23. The molecular formula is C16H20N4O. The first-order valence-electron chi connectivity index (χ1n) is 7.67. The van der Waals surface area contributed by atoms with E-state index in [0.717, 1.165) is 19.0 Å². The van der Waals surface area contributed by atoms with E-state index in [1.165, 1.54) is 25.1 Å². The molecule has 5 nitrogen and oxygen atoms in total. The van der Waals surface area contributed by atoms with Crippen molar-refractivity contribution in [2.45, 2.75) is 25.4 Å². The first-order chi connectivity index (χ1) is 10.4. The molecule has 0 N–H and O–H groups in total. The van der Waals surface area contributed by atoms with Crippen LogP contribution in [0.25, 0.3) is 0 Å². The smallest absolute Gasteiger partial charge is 0.213 e. The molecule has 2 aromatic rings. The van der Waals surface area contributed by atoms with Gasteiger partial charge >= 0.3 is 0 Å². The third-order valence-electron chi connectivity index (χ3n) is 4.23. The van der Waals surface area contributed by atoms with Crippen LogP contribution in [-0.4, -0.2) is 39.4 Å². The maximum absolute atomic E-state index is 5.84. The Morgan fingerprint density at radius 2 is 2.14 bits per heavy atom. The topological polar surface area (TPSA) is 43.2 Å². The summed E-state index contributed by atoms with van der Waals surface area (Å²) < 4.78 is 7.96. The van der Waals surface area contributed by atoms with Crippen LogP contribution in [0.2, 0.25) is 0 Å². The van der Waals surface area contributed by atoms with Crippen LogP contribution in [0.5, 0.6) is 5.88 Å². The largest absolute Gasteiger partial charge is 0.475 e. The summed E-state index contributed by atoms with van der Waals surface area (Å²) in [6.07, 6.45) is 6.44. The lowest BCUT2D eigenvalue weighted by molar-refractivity contribution is 0.126. The predicted molar refractivity (Wildman–Crippen MR) is 79.0 cm³/mol. The Kier molecular flexibility index (Phi) is 3.35. The van der Waals surface area contributed by atoms with Gasteiger partial charge in [-0.05, 0) is 30.9 Å². The molecule has 0 bridgehead atoms. The Hall–Kier alpha value is -1.88. The molecule has 110 valence electrons. The fraction of sp³-hybridized carbons (Fsp3) is 0.500. The van der Waals surface area contributed by atoms with Crippen LogP contribution in [0, 0.1) is 5.92 Å². The van der Waals surface area contributed by atoms with E-state index in [1.54, 1.807) is 6.20 Å². The number of aromatic nitrogens is 3. The van der Waals surface area contributed by atoms with Gasteiger partial charge in [-0.1, -0.05) is 6.07 Å². The number of pyridine rings is 1. The van der Waals surface area contributed by atoms with Crippen molar-refractivity contribution in [2.75, 3.05) is 19.7 Å². The van der Waals surface area contributed by atoms with Crippen LogP contribution in [0.3, 0.4) is 0 Å². The average Bonchev–Trinajstić information content (AvgIpc) is 3.20. The van der Waals surface area contributed by atoms with Crippen LogP contribution in [0.15, 0.2) is 36.7 Å². The molecule has 0 radical (unpaired) electrons. The Bertz CT molecular complexity index is 593. The maximum atomic E-state index is 5.84. The Morgan fingerprint density at radius 3 is 2.95 bits per heavy atom. The van der Waals surface area contributed by atoms with Crippen LogP contribution < -0.4 is 4.74 Å². The minimum atomic E-state index is 0.268. The maximum Gasteiger partial charge on any atom is 0.213 e. The summed E-state index contributed by atoms with van der Waals surface area (Å²) in [4.78, 5) is 6.76. The highest BCUT2D eigenvalue weighted by molar-refractivity contribution is 5.10. The molecule has 0 spiro atoms. The zero-order valence-corrected chi connectivity index (χ0v) is 12.1. The van der Waals surface area contributed by atoms with Crippen molar-refractivity contribution >= 4 is 0 Å². The van der Waals surface area contributed by atoms with E-state index in [-0.39, 0.29) is 6.04 Å². The Labute approximate surface area is 124 Å². The van der Waals surface area contributed by atoms with Gasteiger partial charge in [-0.15, -0.1) is 0 Å². The number of nitrogens with zero attached hydrogens (tertiary/aromatic N) is 4. The van der Waals surface area contributed by atoms with Crippen molar-refractivity contribution in [1.82, 2.24) is 19.7 Å². The second kappa shape index (κ2) is 5.48. The lowest BCUT2D eigenvalue weighted by Crippen LogP contribution is -2.41. The number of ether oxygens (including phenoxy) is 1. The summed E-state index contributed by atoms with van der Waals surface area (Å²) in [5.74, 6) is 1.60. The van der Waals surface area contributed by atoms with Crippen molar-refractivity contribution in [3.05, 3.63) is 42.4 Å². The van der Waals surface area contributed by atoms with Crippen LogP contribution in [0.4, 0.5) is 0 Å². The molecule has 1 aliphatic heterocycles. The van der Waals surface area contributed by atoms with Crippen molar-refractivity contribution in [2.24, 2.45) is 5.92 Å². The normalized spacial score (nSPS) is 22.0. The molecule has 1 atom stereocenters. The number of hydrogen-bond donors (Lipinski definition) is 0. The van der Waals surface area contributed by atoms with Gasteiger partial charge in [0.25, 0.3) is 0 Å². The van der Waals surface area contributed by atoms with E-state index in [1.807, 2.05) is 24.4 Å². The molecule has 4 rings (SSSR count). The lowest BCUT2D eigenvalue weighted by Gasteiger charge is -2.33. The molecule has 0 saturated heterocycles. The minimum absolute atomic E-state index is 0.268. The summed E-state index contributed by atoms with van der Waals surface area (Å²) in [5.41, 5.74) is 1.29. The molecular weight excluding hydrogens is 264 g/mol. The van der Waals surface area contributed by atoms with Gasteiger partial charge in [-0.25, -0.2) is 4.98 Å². The Morgan fingerprint density at radius 1 is 1.19 bits per heavy atom. The van der Waals surface area contributed by atoms with E-state index in [2.05, 4.69) is 25.7 Å². The first kappa shape index (κ1) is 12.8. The van der Waals surface area contributed by atoms with Crippen LogP contribution >= 0.6 is 0 Å². The summed E-state index contributed by atoms with van der Waals surface area (Å²) >= 11 is 0. The zero-order valence-electron chi connectivity index (χ0n) is 12.1. The minimum Gasteiger partial charge on any atom is -0.475 e. The second-order valence-electron chi connectivity index (χ2n) is 6.04. The average molecular weight is 284 g/mol. The molecule has 1 aliphatic carbocycles. The first-order valence-corrected chi connectivity index (χ1v) is 7.67. The Balaban J connectivity index is 1.45.